The lowest BCUT2D eigenvalue weighted by atomic mass is 10.1. The molecule has 0 saturated heterocycles. The van der Waals surface area contributed by atoms with Gasteiger partial charge in [0.15, 0.2) is 0 Å². The highest BCUT2D eigenvalue weighted by atomic mass is 15.1. The zero-order chi connectivity index (χ0) is 13.3. The fraction of sp³-hybridized carbons (Fsp3) is 0.312. The summed E-state index contributed by atoms with van der Waals surface area (Å²) in [5, 5.41) is 6.58. The van der Waals surface area contributed by atoms with Crippen molar-refractivity contribution in [2.24, 2.45) is 0 Å². The first-order valence-electron chi connectivity index (χ1n) is 6.87. The summed E-state index contributed by atoms with van der Waals surface area (Å²) in [6.07, 6.45) is 2.21. The van der Waals surface area contributed by atoms with E-state index in [1.165, 1.54) is 5.56 Å². The van der Waals surface area contributed by atoms with Gasteiger partial charge in [0, 0.05) is 13.1 Å². The molecule has 0 aliphatic heterocycles. The fourth-order valence-electron chi connectivity index (χ4n) is 1.97. The molecule has 0 aliphatic rings. The van der Waals surface area contributed by atoms with Crippen LogP contribution in [0.5, 0.6) is 0 Å². The van der Waals surface area contributed by atoms with Crippen molar-refractivity contribution < 1.29 is 0 Å². The second kappa shape index (κ2) is 7.41. The third-order valence-electron chi connectivity index (χ3n) is 2.90. The molecular formula is C16H21N3. The Bertz CT molecular complexity index is 482. The van der Waals surface area contributed by atoms with E-state index in [0.29, 0.717) is 0 Å². The number of pyridine rings is 1. The summed E-state index contributed by atoms with van der Waals surface area (Å²) in [5.74, 6) is 1.86. The first-order valence-corrected chi connectivity index (χ1v) is 6.87. The number of hydrogen-bond donors (Lipinski definition) is 2. The highest BCUT2D eigenvalue weighted by Gasteiger charge is 1.96. The maximum absolute atomic E-state index is 4.48. The number of aryl methyl sites for hydroxylation is 1. The van der Waals surface area contributed by atoms with Crippen molar-refractivity contribution in [3.05, 3.63) is 54.1 Å². The number of benzene rings is 1. The Labute approximate surface area is 115 Å². The van der Waals surface area contributed by atoms with Gasteiger partial charge >= 0.3 is 0 Å². The van der Waals surface area contributed by atoms with Gasteiger partial charge in [-0.05, 0) is 37.5 Å². The fourth-order valence-corrected chi connectivity index (χ4v) is 1.97. The van der Waals surface area contributed by atoms with Crippen LogP contribution in [0.3, 0.4) is 0 Å². The van der Waals surface area contributed by atoms with Crippen LogP contribution in [0.1, 0.15) is 18.9 Å². The third-order valence-corrected chi connectivity index (χ3v) is 2.90. The van der Waals surface area contributed by atoms with Gasteiger partial charge in [0.05, 0.1) is 0 Å². The van der Waals surface area contributed by atoms with Crippen LogP contribution >= 0.6 is 0 Å². The Hall–Kier alpha value is -2.03. The molecule has 3 nitrogen and oxygen atoms in total. The van der Waals surface area contributed by atoms with Gasteiger partial charge in [0.2, 0.25) is 0 Å². The predicted molar refractivity (Wildman–Crippen MR) is 81.7 cm³/mol. The van der Waals surface area contributed by atoms with Crippen molar-refractivity contribution >= 4 is 11.6 Å². The van der Waals surface area contributed by atoms with Gasteiger partial charge in [0.1, 0.15) is 11.6 Å². The molecule has 1 aromatic carbocycles. The average molecular weight is 255 g/mol. The summed E-state index contributed by atoms with van der Waals surface area (Å²) >= 11 is 0. The monoisotopic (exact) mass is 255 g/mol. The first kappa shape index (κ1) is 13.4. The molecule has 0 radical (unpaired) electrons. The predicted octanol–water partition coefficient (Wildman–Crippen LogP) is 3.56. The summed E-state index contributed by atoms with van der Waals surface area (Å²) in [5.41, 5.74) is 1.39. The van der Waals surface area contributed by atoms with E-state index in [2.05, 4.69) is 52.9 Å². The Balaban J connectivity index is 1.75. The Morgan fingerprint density at radius 2 is 1.63 bits per heavy atom. The van der Waals surface area contributed by atoms with Crippen molar-refractivity contribution in [1.82, 2.24) is 4.98 Å². The molecule has 1 aromatic heterocycles. The summed E-state index contributed by atoms with van der Waals surface area (Å²) in [6.45, 7) is 3.91. The molecule has 0 atom stereocenters. The summed E-state index contributed by atoms with van der Waals surface area (Å²) in [6, 6.07) is 16.6. The third kappa shape index (κ3) is 4.62. The van der Waals surface area contributed by atoms with Gasteiger partial charge < -0.3 is 10.6 Å². The number of rotatable bonds is 7. The van der Waals surface area contributed by atoms with Crippen LogP contribution in [0.2, 0.25) is 0 Å². The standard InChI is InChI=1S/C16H21N3/c1-2-17-15-11-6-12-16(19-15)18-13-7-10-14-8-4-3-5-9-14/h3-6,8-9,11-12H,2,7,10,13H2,1H3,(H2,17,18,19). The van der Waals surface area contributed by atoms with Crippen LogP contribution in [0.4, 0.5) is 11.6 Å². The lowest BCUT2D eigenvalue weighted by molar-refractivity contribution is 0.859. The lowest BCUT2D eigenvalue weighted by Crippen LogP contribution is -2.06. The summed E-state index contributed by atoms with van der Waals surface area (Å²) < 4.78 is 0. The number of anilines is 2. The van der Waals surface area contributed by atoms with Crippen LogP contribution in [0.25, 0.3) is 0 Å². The minimum absolute atomic E-state index is 0.893. The molecule has 19 heavy (non-hydrogen) atoms. The molecule has 1 heterocycles. The number of nitrogens with one attached hydrogen (secondary N) is 2. The second-order valence-corrected chi connectivity index (χ2v) is 4.45. The first-order chi connectivity index (χ1) is 9.38. The normalized spacial score (nSPS) is 10.2. The van der Waals surface area contributed by atoms with Gasteiger partial charge in [-0.25, -0.2) is 4.98 Å². The van der Waals surface area contributed by atoms with E-state index in [1.807, 2.05) is 18.2 Å². The second-order valence-electron chi connectivity index (χ2n) is 4.45. The Morgan fingerprint density at radius 3 is 2.37 bits per heavy atom. The van der Waals surface area contributed by atoms with Crippen LogP contribution in [-0.4, -0.2) is 18.1 Å². The van der Waals surface area contributed by atoms with Crippen LogP contribution in [-0.2, 0) is 6.42 Å². The molecular weight excluding hydrogens is 234 g/mol. The molecule has 0 spiro atoms. The highest BCUT2D eigenvalue weighted by molar-refractivity contribution is 5.44. The molecule has 0 fully saturated rings. The smallest absolute Gasteiger partial charge is 0.128 e. The zero-order valence-corrected chi connectivity index (χ0v) is 11.4. The van der Waals surface area contributed by atoms with Gasteiger partial charge in [-0.15, -0.1) is 0 Å². The molecule has 3 heteroatoms. The molecule has 0 unspecified atom stereocenters. The molecule has 0 bridgehead atoms. The van der Waals surface area contributed by atoms with E-state index in [-0.39, 0.29) is 0 Å². The molecule has 100 valence electrons. The van der Waals surface area contributed by atoms with Crippen molar-refractivity contribution in [2.45, 2.75) is 19.8 Å². The molecule has 0 amide bonds. The molecule has 2 aromatic rings. The van der Waals surface area contributed by atoms with Gasteiger partial charge in [-0.1, -0.05) is 36.4 Å². The van der Waals surface area contributed by atoms with Gasteiger partial charge in [-0.3, -0.25) is 0 Å². The van der Waals surface area contributed by atoms with E-state index in [4.69, 9.17) is 0 Å². The van der Waals surface area contributed by atoms with E-state index in [9.17, 15) is 0 Å². The number of hydrogen-bond acceptors (Lipinski definition) is 3. The maximum Gasteiger partial charge on any atom is 0.128 e. The SMILES string of the molecule is CCNc1cccc(NCCCc2ccccc2)n1. The largest absolute Gasteiger partial charge is 0.370 e. The maximum atomic E-state index is 4.48. The van der Waals surface area contributed by atoms with Gasteiger partial charge in [0.25, 0.3) is 0 Å². The number of aromatic nitrogens is 1. The van der Waals surface area contributed by atoms with Crippen molar-refractivity contribution in [1.29, 1.82) is 0 Å². The van der Waals surface area contributed by atoms with Gasteiger partial charge in [-0.2, -0.15) is 0 Å². The molecule has 0 saturated carbocycles. The topological polar surface area (TPSA) is 37.0 Å². The zero-order valence-electron chi connectivity index (χ0n) is 11.4. The minimum atomic E-state index is 0.893. The van der Waals surface area contributed by atoms with E-state index in [0.717, 1.165) is 37.6 Å². The van der Waals surface area contributed by atoms with Crippen molar-refractivity contribution in [3.8, 4) is 0 Å². The van der Waals surface area contributed by atoms with Crippen LogP contribution in [0.15, 0.2) is 48.5 Å². The molecule has 0 aliphatic carbocycles. The Kier molecular flexibility index (Phi) is 5.23. The summed E-state index contributed by atoms with van der Waals surface area (Å²) in [4.78, 5) is 4.48. The minimum Gasteiger partial charge on any atom is -0.370 e. The van der Waals surface area contributed by atoms with E-state index in [1.54, 1.807) is 0 Å². The van der Waals surface area contributed by atoms with E-state index >= 15 is 0 Å². The van der Waals surface area contributed by atoms with Crippen LogP contribution in [0, 0.1) is 0 Å². The molecule has 2 N–H and O–H groups in total. The average Bonchev–Trinajstić information content (AvgIpc) is 2.46. The Morgan fingerprint density at radius 1 is 0.895 bits per heavy atom. The highest BCUT2D eigenvalue weighted by Crippen LogP contribution is 2.09. The lowest BCUT2D eigenvalue weighted by Gasteiger charge is -2.08. The molecule has 2 rings (SSSR count). The number of nitrogens with zero attached hydrogens (tertiary/aromatic N) is 1. The van der Waals surface area contributed by atoms with Crippen molar-refractivity contribution in [2.75, 3.05) is 23.7 Å². The van der Waals surface area contributed by atoms with Crippen molar-refractivity contribution in [3.63, 3.8) is 0 Å². The van der Waals surface area contributed by atoms with E-state index < -0.39 is 0 Å². The quantitative estimate of drug-likeness (QED) is 0.743. The summed E-state index contributed by atoms with van der Waals surface area (Å²) in [7, 11) is 0. The van der Waals surface area contributed by atoms with Crippen LogP contribution < -0.4 is 10.6 Å².